The second-order valence-corrected chi connectivity index (χ2v) is 4.20. The zero-order chi connectivity index (χ0) is 11.3. The van der Waals surface area contributed by atoms with Gasteiger partial charge in [0.15, 0.2) is 21.2 Å². The van der Waals surface area contributed by atoms with E-state index in [2.05, 4.69) is 0 Å². The van der Waals surface area contributed by atoms with Crippen molar-refractivity contribution in [2.24, 2.45) is 0 Å². The smallest absolute Gasteiger partial charge is 0.337 e. The van der Waals surface area contributed by atoms with Crippen LogP contribution in [-0.2, 0) is 3.07 Å². The first-order valence-electron chi connectivity index (χ1n) is 4.07. The molecule has 0 aromatic heterocycles. The van der Waals surface area contributed by atoms with E-state index in [1.54, 1.807) is 0 Å². The van der Waals surface area contributed by atoms with E-state index in [9.17, 15) is 7.86 Å². The Morgan fingerprint density at radius 3 is 2.73 bits per heavy atom. The molecule has 0 aliphatic rings. The van der Waals surface area contributed by atoms with Crippen molar-refractivity contribution in [2.45, 2.75) is 0 Å². The number of aromatic carboxylic acids is 1. The maximum atomic E-state index is 10.8. The minimum absolute atomic E-state index is 0.00626. The van der Waals surface area contributed by atoms with E-state index < -0.39 is 27.2 Å². The van der Waals surface area contributed by atoms with Crippen LogP contribution in [0.15, 0.2) is 18.2 Å². The van der Waals surface area contributed by atoms with E-state index in [0.717, 1.165) is 0 Å². The van der Waals surface area contributed by atoms with E-state index in [1.807, 2.05) is 0 Å². The molecule has 0 spiro atoms. The van der Waals surface area contributed by atoms with Crippen LogP contribution in [0.3, 0.4) is 0 Å². The molecule has 5 nitrogen and oxygen atoms in total. The van der Waals surface area contributed by atoms with Gasteiger partial charge in [0, 0.05) is 0 Å². The normalized spacial score (nSPS) is 9.93. The third kappa shape index (κ3) is 3.24. The van der Waals surface area contributed by atoms with Crippen LogP contribution in [-0.4, -0.2) is 29.4 Å². The number of benzene rings is 1. The molecule has 0 saturated carbocycles. The molecule has 0 unspecified atom stereocenters. The van der Waals surface area contributed by atoms with Gasteiger partial charge in [0.25, 0.3) is 0 Å². The van der Waals surface area contributed by atoms with Gasteiger partial charge in [-0.3, -0.25) is 3.07 Å². The van der Waals surface area contributed by atoms with Gasteiger partial charge in [0.1, 0.15) is 12.4 Å². The number of rotatable bonds is 5. The zero-order valence-corrected chi connectivity index (χ0v) is 9.80. The van der Waals surface area contributed by atoms with Crippen LogP contribution in [0, 0.1) is 3.57 Å². The summed E-state index contributed by atoms with van der Waals surface area (Å²) in [5.74, 6) is -0.780. The average Bonchev–Trinajstić information content (AvgIpc) is 2.25. The molecule has 6 heteroatoms. The number of aliphatic hydroxyl groups is 1. The van der Waals surface area contributed by atoms with Gasteiger partial charge >= 0.3 is 5.97 Å². The highest BCUT2D eigenvalue weighted by atomic mass is 127. The van der Waals surface area contributed by atoms with Crippen molar-refractivity contribution >= 4 is 27.2 Å². The molecule has 15 heavy (non-hydrogen) atoms. The summed E-state index contributed by atoms with van der Waals surface area (Å²) in [4.78, 5) is 10.8. The molecular formula is C9H9IO5. The van der Waals surface area contributed by atoms with E-state index in [0.29, 0.717) is 9.32 Å². The number of hydrogen-bond acceptors (Lipinski definition) is 4. The predicted molar refractivity (Wildman–Crippen MR) is 59.4 cm³/mol. The van der Waals surface area contributed by atoms with Crippen molar-refractivity contribution in [1.29, 1.82) is 0 Å². The maximum absolute atomic E-state index is 10.8. The Balaban J connectivity index is 2.99. The van der Waals surface area contributed by atoms with E-state index in [4.69, 9.17) is 14.9 Å². The Bertz CT molecular complexity index is 377. The Kier molecular flexibility index (Phi) is 4.63. The van der Waals surface area contributed by atoms with Crippen LogP contribution in [0.2, 0.25) is 0 Å². The molecule has 0 radical (unpaired) electrons. The van der Waals surface area contributed by atoms with Gasteiger partial charge in [-0.05, 0) is 18.2 Å². The second kappa shape index (κ2) is 5.76. The lowest BCUT2D eigenvalue weighted by atomic mass is 10.2. The first-order valence-corrected chi connectivity index (χ1v) is 6.03. The van der Waals surface area contributed by atoms with Crippen LogP contribution >= 0.6 is 21.2 Å². The third-order valence-corrected chi connectivity index (χ3v) is 3.03. The van der Waals surface area contributed by atoms with Crippen molar-refractivity contribution in [3.05, 3.63) is 27.3 Å². The molecule has 0 atom stereocenters. The number of hydrogen-bond donors (Lipinski definition) is 2. The SMILES string of the molecule is O=Ic1ccc(OCCO)cc1C(=O)O. The summed E-state index contributed by atoms with van der Waals surface area (Å²) >= 11 is -1.51. The fraction of sp³-hybridized carbons (Fsp3) is 0.222. The Morgan fingerprint density at radius 2 is 2.20 bits per heavy atom. The van der Waals surface area contributed by atoms with Crippen LogP contribution in [0.25, 0.3) is 0 Å². The highest BCUT2D eigenvalue weighted by Crippen LogP contribution is 2.21. The van der Waals surface area contributed by atoms with E-state index in [-0.39, 0.29) is 18.8 Å². The van der Waals surface area contributed by atoms with Gasteiger partial charge < -0.3 is 14.9 Å². The van der Waals surface area contributed by atoms with Crippen molar-refractivity contribution in [3.8, 4) is 5.75 Å². The minimum Gasteiger partial charge on any atom is -0.491 e. The van der Waals surface area contributed by atoms with Gasteiger partial charge in [-0.15, -0.1) is 0 Å². The highest BCUT2D eigenvalue weighted by Gasteiger charge is 2.11. The zero-order valence-electron chi connectivity index (χ0n) is 7.64. The lowest BCUT2D eigenvalue weighted by Gasteiger charge is -2.05. The first kappa shape index (κ1) is 12.1. The molecular weight excluding hydrogens is 315 g/mol. The van der Waals surface area contributed by atoms with Gasteiger partial charge in [0.2, 0.25) is 0 Å². The first-order chi connectivity index (χ1) is 7.19. The number of carboxylic acid groups (broad SMARTS) is 1. The number of aliphatic hydroxyl groups excluding tert-OH is 1. The summed E-state index contributed by atoms with van der Waals surface area (Å²) in [5.41, 5.74) is -0.00626. The molecule has 0 fully saturated rings. The van der Waals surface area contributed by atoms with Gasteiger partial charge in [-0.25, -0.2) is 4.79 Å². The summed E-state index contributed by atoms with van der Waals surface area (Å²) < 4.78 is 16.1. The molecule has 82 valence electrons. The highest BCUT2D eigenvalue weighted by molar-refractivity contribution is 14.1. The van der Waals surface area contributed by atoms with Crippen LogP contribution in [0.5, 0.6) is 5.75 Å². The van der Waals surface area contributed by atoms with Crippen LogP contribution < -0.4 is 4.74 Å². The van der Waals surface area contributed by atoms with E-state index in [1.165, 1.54) is 18.2 Å². The summed E-state index contributed by atoms with van der Waals surface area (Å²) in [5, 5.41) is 17.3. The van der Waals surface area contributed by atoms with Crippen molar-refractivity contribution in [1.82, 2.24) is 0 Å². The molecule has 1 aromatic rings. The summed E-state index contributed by atoms with van der Waals surface area (Å²) in [6, 6.07) is 4.32. The Labute approximate surface area is 96.3 Å². The molecule has 0 aliphatic heterocycles. The Hall–Kier alpha value is -1.02. The molecule has 1 aromatic carbocycles. The predicted octanol–water partition coefficient (Wildman–Crippen LogP) is 1.24. The molecule has 1 rings (SSSR count). The fourth-order valence-electron chi connectivity index (χ4n) is 0.989. The van der Waals surface area contributed by atoms with Gasteiger partial charge in [-0.1, -0.05) is 0 Å². The minimum atomic E-state index is -1.51. The summed E-state index contributed by atoms with van der Waals surface area (Å²) in [7, 11) is 0. The molecule has 0 bridgehead atoms. The van der Waals surface area contributed by atoms with Crippen LogP contribution in [0.1, 0.15) is 10.4 Å². The fourth-order valence-corrected chi connectivity index (χ4v) is 1.94. The lowest BCUT2D eigenvalue weighted by molar-refractivity contribution is 0.0695. The molecule has 0 heterocycles. The topological polar surface area (TPSA) is 83.8 Å². The lowest BCUT2D eigenvalue weighted by Crippen LogP contribution is -2.04. The van der Waals surface area contributed by atoms with Crippen molar-refractivity contribution < 1.29 is 22.8 Å². The summed E-state index contributed by atoms with van der Waals surface area (Å²) in [6.07, 6.45) is 0. The molecule has 0 saturated heterocycles. The molecule has 0 aliphatic carbocycles. The standard InChI is InChI=1S/C9H9IO5/c11-3-4-15-6-1-2-8(10-14)7(5-6)9(12)13/h1-2,5,11H,3-4H2,(H,12,13). The van der Waals surface area contributed by atoms with Gasteiger partial charge in [-0.2, -0.15) is 0 Å². The third-order valence-electron chi connectivity index (χ3n) is 1.61. The quantitative estimate of drug-likeness (QED) is 0.796. The number of carboxylic acids is 1. The molecule has 0 amide bonds. The number of carbonyl (C=O) groups is 1. The van der Waals surface area contributed by atoms with E-state index >= 15 is 0 Å². The van der Waals surface area contributed by atoms with Gasteiger partial charge in [0.05, 0.1) is 15.7 Å². The van der Waals surface area contributed by atoms with Crippen LogP contribution in [0.4, 0.5) is 0 Å². The maximum Gasteiger partial charge on any atom is 0.337 e. The van der Waals surface area contributed by atoms with Crippen molar-refractivity contribution in [3.63, 3.8) is 0 Å². The summed E-state index contributed by atoms with van der Waals surface area (Å²) in [6.45, 7) is -0.0382. The number of ether oxygens (including phenoxy) is 1. The number of halogens is 1. The second-order valence-electron chi connectivity index (χ2n) is 2.60. The largest absolute Gasteiger partial charge is 0.491 e. The average molecular weight is 324 g/mol. The monoisotopic (exact) mass is 324 g/mol. The Morgan fingerprint density at radius 1 is 1.47 bits per heavy atom. The van der Waals surface area contributed by atoms with Crippen molar-refractivity contribution in [2.75, 3.05) is 13.2 Å². The molecule has 2 N–H and O–H groups in total.